The van der Waals surface area contributed by atoms with Crippen molar-refractivity contribution in [3.05, 3.63) is 58.6 Å². The molecule has 0 radical (unpaired) electrons. The average Bonchev–Trinajstić information content (AvgIpc) is 2.77. The molecule has 0 aliphatic carbocycles. The Bertz CT molecular complexity index is 1130. The number of benzene rings is 2. The van der Waals surface area contributed by atoms with Gasteiger partial charge in [0.2, 0.25) is 0 Å². The van der Waals surface area contributed by atoms with Crippen molar-refractivity contribution >= 4 is 28.5 Å². The Kier molecular flexibility index (Phi) is 6.46. The number of amidine groups is 1. The molecule has 7 nitrogen and oxygen atoms in total. The second kappa shape index (κ2) is 9.43. The molecule has 162 valence electrons. The Balaban J connectivity index is 1.66. The number of hydrogen-bond acceptors (Lipinski definition) is 7. The highest BCUT2D eigenvalue weighted by Crippen LogP contribution is 2.34. The molecule has 2 heterocycles. The highest BCUT2D eigenvalue weighted by Gasteiger charge is 2.34. The number of fused-ring (bicyclic) bond motifs is 2. The molecule has 1 unspecified atom stereocenters. The third-order valence-corrected chi connectivity index (χ3v) is 6.25. The first-order chi connectivity index (χ1) is 15.1. The van der Waals surface area contributed by atoms with E-state index in [1.165, 1.54) is 49.6 Å². The number of thioether (sulfide) groups is 1. The number of carbonyl (C=O) groups is 1. The van der Waals surface area contributed by atoms with Crippen molar-refractivity contribution in [2.24, 2.45) is 10.1 Å². The van der Waals surface area contributed by atoms with Gasteiger partial charge >= 0.3 is 0 Å². The Morgan fingerprint density at radius 3 is 2.68 bits per heavy atom. The van der Waals surface area contributed by atoms with Crippen molar-refractivity contribution in [1.29, 1.82) is 0 Å². The summed E-state index contributed by atoms with van der Waals surface area (Å²) in [7, 11) is 0. The van der Waals surface area contributed by atoms with E-state index in [9.17, 15) is 15.0 Å². The normalized spacial score (nSPS) is 17.4. The molecular weight excluding hydrogens is 412 g/mol. The molecule has 0 spiro atoms. The second-order valence-corrected chi connectivity index (χ2v) is 8.67. The fourth-order valence-corrected chi connectivity index (χ4v) is 4.54. The molecule has 31 heavy (non-hydrogen) atoms. The van der Waals surface area contributed by atoms with Crippen LogP contribution in [0.5, 0.6) is 11.5 Å². The first-order valence-electron chi connectivity index (χ1n) is 10.6. The van der Waals surface area contributed by atoms with Crippen molar-refractivity contribution in [3.63, 3.8) is 0 Å². The van der Waals surface area contributed by atoms with Crippen molar-refractivity contribution in [1.82, 2.24) is 10.3 Å². The van der Waals surface area contributed by atoms with Crippen LogP contribution in [0.1, 0.15) is 50.8 Å². The van der Waals surface area contributed by atoms with Crippen molar-refractivity contribution < 1.29 is 15.0 Å². The topological polar surface area (TPSA) is 97.5 Å². The second-order valence-electron chi connectivity index (χ2n) is 7.58. The predicted molar refractivity (Wildman–Crippen MR) is 122 cm³/mol. The van der Waals surface area contributed by atoms with Crippen LogP contribution in [0.3, 0.4) is 0 Å². The lowest BCUT2D eigenvalue weighted by molar-refractivity contribution is -0.116. The Morgan fingerprint density at radius 1 is 1.06 bits per heavy atom. The van der Waals surface area contributed by atoms with Gasteiger partial charge in [-0.1, -0.05) is 68.6 Å². The summed E-state index contributed by atoms with van der Waals surface area (Å²) in [4.78, 5) is 17.8. The third-order valence-electron chi connectivity index (χ3n) is 5.30. The van der Waals surface area contributed by atoms with Gasteiger partial charge in [0.1, 0.15) is 5.70 Å². The number of para-hydroxylation sites is 1. The van der Waals surface area contributed by atoms with E-state index in [4.69, 9.17) is 10.1 Å². The van der Waals surface area contributed by atoms with Crippen molar-refractivity contribution in [3.8, 4) is 11.5 Å². The van der Waals surface area contributed by atoms with Crippen LogP contribution in [-0.4, -0.2) is 32.0 Å². The quantitative estimate of drug-likeness (QED) is 0.456. The van der Waals surface area contributed by atoms with E-state index in [1.807, 2.05) is 24.3 Å². The maximum absolute atomic E-state index is 13.1. The maximum atomic E-state index is 13.1. The Morgan fingerprint density at radius 2 is 1.87 bits per heavy atom. The number of nitrogens with one attached hydrogen (secondary N) is 1. The van der Waals surface area contributed by atoms with Crippen LogP contribution in [0, 0.1) is 0 Å². The molecule has 0 saturated heterocycles. The lowest BCUT2D eigenvalue weighted by Crippen LogP contribution is -2.50. The summed E-state index contributed by atoms with van der Waals surface area (Å²) in [6, 6.07) is 12.0. The van der Waals surface area contributed by atoms with Gasteiger partial charge in [-0.3, -0.25) is 15.1 Å². The summed E-state index contributed by atoms with van der Waals surface area (Å²) >= 11 is 1.53. The van der Waals surface area contributed by atoms with Gasteiger partial charge in [-0.05, 0) is 24.6 Å². The predicted octanol–water partition coefficient (Wildman–Crippen LogP) is 2.94. The molecule has 0 aromatic heterocycles. The highest BCUT2D eigenvalue weighted by atomic mass is 32.2. The minimum absolute atomic E-state index is 0.205. The first-order valence-corrected chi connectivity index (χ1v) is 11.6. The van der Waals surface area contributed by atoms with E-state index in [1.54, 1.807) is 11.1 Å². The molecule has 1 amide bonds. The zero-order valence-electron chi connectivity index (χ0n) is 17.4. The van der Waals surface area contributed by atoms with E-state index >= 15 is 0 Å². The van der Waals surface area contributed by atoms with E-state index in [-0.39, 0.29) is 17.4 Å². The van der Waals surface area contributed by atoms with Gasteiger partial charge in [0.15, 0.2) is 22.8 Å². The smallest absolute Gasteiger partial charge is 0.276 e. The summed E-state index contributed by atoms with van der Waals surface area (Å²) in [6.45, 7) is 2.20. The van der Waals surface area contributed by atoms with Crippen molar-refractivity contribution in [2.75, 3.05) is 5.75 Å². The van der Waals surface area contributed by atoms with Gasteiger partial charge in [0.25, 0.3) is 5.91 Å². The van der Waals surface area contributed by atoms with Crippen LogP contribution in [0.4, 0.5) is 0 Å². The fraction of sp³-hybridized carbons (Fsp3) is 0.348. The van der Waals surface area contributed by atoms with Gasteiger partial charge in [0, 0.05) is 16.5 Å². The number of carbonyl (C=O) groups excluding carboxylic acids is 1. The number of hydrogen-bond donors (Lipinski definition) is 3. The molecule has 0 bridgehead atoms. The molecule has 8 heteroatoms. The van der Waals surface area contributed by atoms with Gasteiger partial charge in [-0.2, -0.15) is 0 Å². The number of amides is 1. The van der Waals surface area contributed by atoms with Crippen LogP contribution >= 0.6 is 11.8 Å². The Labute approximate surface area is 185 Å². The van der Waals surface area contributed by atoms with Crippen LogP contribution in [0.15, 0.2) is 52.6 Å². The average molecular weight is 439 g/mol. The molecule has 3 N–H and O–H groups in total. The third kappa shape index (κ3) is 4.54. The van der Waals surface area contributed by atoms with Gasteiger partial charge in [0.05, 0.1) is 5.36 Å². The van der Waals surface area contributed by atoms with Gasteiger partial charge < -0.3 is 10.2 Å². The minimum Gasteiger partial charge on any atom is -0.504 e. The van der Waals surface area contributed by atoms with Crippen molar-refractivity contribution in [2.45, 2.75) is 45.2 Å². The number of hydrazone groups is 1. The maximum Gasteiger partial charge on any atom is 0.276 e. The molecule has 2 aliphatic rings. The monoisotopic (exact) mass is 438 g/mol. The number of phenols is 2. The number of aromatic hydroxyl groups is 2. The zero-order chi connectivity index (χ0) is 21.8. The number of nitrogens with zero attached hydrogens (tertiary/aromatic N) is 3. The number of unbranched alkanes of at least 4 members (excludes halogenated alkanes) is 4. The van der Waals surface area contributed by atoms with Crippen LogP contribution in [-0.2, 0) is 4.79 Å². The summed E-state index contributed by atoms with van der Waals surface area (Å²) in [5, 5.41) is 30.9. The minimum atomic E-state index is -0.623. The van der Waals surface area contributed by atoms with Crippen LogP contribution < -0.4 is 15.9 Å². The number of rotatable bonds is 7. The molecule has 2 aromatic carbocycles. The van der Waals surface area contributed by atoms with E-state index in [2.05, 4.69) is 12.2 Å². The van der Waals surface area contributed by atoms with Crippen LogP contribution in [0.2, 0.25) is 0 Å². The van der Waals surface area contributed by atoms with E-state index < -0.39 is 6.17 Å². The van der Waals surface area contributed by atoms with Gasteiger partial charge in [-0.15, -0.1) is 5.10 Å². The molecular formula is C23H26N4O3S. The summed E-state index contributed by atoms with van der Waals surface area (Å²) in [5.41, 5.74) is 1.06. The van der Waals surface area contributed by atoms with E-state index in [0.717, 1.165) is 12.2 Å². The highest BCUT2D eigenvalue weighted by molar-refractivity contribution is 8.13. The summed E-state index contributed by atoms with van der Waals surface area (Å²) < 4.78 is 0. The number of phenolic OH excluding ortho intramolecular Hbond substituents is 2. The van der Waals surface area contributed by atoms with Gasteiger partial charge in [-0.25, -0.2) is 5.01 Å². The lowest BCUT2D eigenvalue weighted by atomic mass is 10.1. The largest absolute Gasteiger partial charge is 0.504 e. The Hall–Kier alpha value is -3.00. The molecule has 0 saturated carbocycles. The zero-order valence-corrected chi connectivity index (χ0v) is 18.2. The fourth-order valence-electron chi connectivity index (χ4n) is 3.69. The SMILES string of the molecule is CCCCCCCSC1=NN2C(=c3ccccc3=NC2c2ccc(O)c(O)c2)C(=O)N1. The van der Waals surface area contributed by atoms with E-state index in [0.29, 0.717) is 27.0 Å². The molecule has 0 fully saturated rings. The summed E-state index contributed by atoms with van der Waals surface area (Å²) in [5.74, 6) is 0.215. The standard InChI is InChI=1S/C23H26N4O3S/c1-2-3-4-5-8-13-31-23-25-22(30)20-16-9-6-7-10-17(16)24-21(27(20)26-23)15-11-12-18(28)19(29)14-15/h6-7,9-12,14,21,28-29H,2-5,8,13H2,1H3,(H,25,26,30). The molecule has 1 atom stereocenters. The first kappa shape index (κ1) is 21.2. The molecule has 2 aliphatic heterocycles. The molecule has 4 rings (SSSR count). The van der Waals surface area contributed by atoms with Crippen LogP contribution in [0.25, 0.3) is 5.70 Å². The lowest BCUT2D eigenvalue weighted by Gasteiger charge is -2.34. The summed E-state index contributed by atoms with van der Waals surface area (Å²) in [6.07, 6.45) is 5.30. The molecule has 2 aromatic rings.